The zero-order valence-corrected chi connectivity index (χ0v) is 17.7. The van der Waals surface area contributed by atoms with E-state index in [0.717, 1.165) is 6.42 Å². The molecule has 0 aliphatic carbocycles. The fraction of sp³-hybridized carbons (Fsp3) is 0.556. The van der Waals surface area contributed by atoms with E-state index in [2.05, 4.69) is 15.3 Å². The first-order valence-electron chi connectivity index (χ1n) is 8.59. The van der Waals surface area contributed by atoms with Crippen molar-refractivity contribution in [1.29, 1.82) is 0 Å². The van der Waals surface area contributed by atoms with Crippen LogP contribution >= 0.6 is 11.3 Å². The normalized spacial score (nSPS) is 13.4. The maximum atomic E-state index is 12.1. The van der Waals surface area contributed by atoms with Gasteiger partial charge in [0.05, 0.1) is 19.3 Å². The second-order valence-electron chi connectivity index (χ2n) is 6.71. The number of nitrogens with one attached hydrogen (secondary N) is 1. The standard InChI is InChI=1S/C18H28N4O4S/c1-8-9-10-19-14(12(2)21-17(24)26-18(3,4)5)22(6)16-20-11-13(27-16)15(23)25-7/h9-12H,8H2,1-7H3,(H,21,24)/b10-9+,19-14-. The van der Waals surface area contributed by atoms with Gasteiger partial charge in [0.25, 0.3) is 0 Å². The molecule has 150 valence electrons. The highest BCUT2D eigenvalue weighted by atomic mass is 32.1. The smallest absolute Gasteiger partial charge is 0.408 e. The number of esters is 1. The molecule has 8 nitrogen and oxygen atoms in total. The minimum atomic E-state index is -0.597. The number of ether oxygens (including phenoxy) is 2. The van der Waals surface area contributed by atoms with E-state index >= 15 is 0 Å². The summed E-state index contributed by atoms with van der Waals surface area (Å²) in [5, 5.41) is 3.33. The van der Waals surface area contributed by atoms with Crippen LogP contribution in [0.5, 0.6) is 0 Å². The van der Waals surface area contributed by atoms with Crippen molar-refractivity contribution in [3.05, 3.63) is 23.3 Å². The van der Waals surface area contributed by atoms with Crippen LogP contribution in [0, 0.1) is 0 Å². The summed E-state index contributed by atoms with van der Waals surface area (Å²) in [6, 6.07) is -0.447. The number of aliphatic imine (C=N–C) groups is 1. The molecule has 0 bridgehead atoms. The molecule has 0 spiro atoms. The van der Waals surface area contributed by atoms with Gasteiger partial charge >= 0.3 is 12.1 Å². The first kappa shape index (κ1) is 22.6. The van der Waals surface area contributed by atoms with Gasteiger partial charge in [0.1, 0.15) is 16.3 Å². The number of amides is 1. The third-order valence-corrected chi connectivity index (χ3v) is 4.23. The quantitative estimate of drug-likeness (QED) is 0.449. The molecule has 1 aromatic rings. The number of likely N-dealkylation sites (N-methyl/N-ethyl adjacent to an activating group) is 1. The Morgan fingerprint density at radius 2 is 2.11 bits per heavy atom. The average Bonchev–Trinajstić information content (AvgIpc) is 3.05. The number of aromatic nitrogens is 1. The lowest BCUT2D eigenvalue weighted by Crippen LogP contribution is -2.47. The predicted octanol–water partition coefficient (Wildman–Crippen LogP) is 3.60. The number of methoxy groups -OCH3 is 1. The number of rotatable bonds is 6. The summed E-state index contributed by atoms with van der Waals surface area (Å²) in [6.45, 7) is 9.19. The molecule has 1 unspecified atom stereocenters. The molecule has 0 fully saturated rings. The predicted molar refractivity (Wildman–Crippen MR) is 108 cm³/mol. The molecule has 1 rings (SSSR count). The van der Waals surface area contributed by atoms with Crippen LogP contribution in [0.15, 0.2) is 23.5 Å². The van der Waals surface area contributed by atoms with E-state index in [1.807, 2.05) is 13.0 Å². The molecule has 0 aliphatic heterocycles. The number of carbonyl (C=O) groups is 2. The summed E-state index contributed by atoms with van der Waals surface area (Å²) in [4.78, 5) is 34.6. The van der Waals surface area contributed by atoms with Gasteiger partial charge in [-0.25, -0.2) is 19.6 Å². The third kappa shape index (κ3) is 7.38. The molecule has 1 atom stereocenters. The van der Waals surface area contributed by atoms with Crippen molar-refractivity contribution in [1.82, 2.24) is 10.3 Å². The van der Waals surface area contributed by atoms with Crippen LogP contribution in [-0.2, 0) is 9.47 Å². The first-order valence-corrected chi connectivity index (χ1v) is 9.40. The van der Waals surface area contributed by atoms with Gasteiger partial charge in [-0.3, -0.25) is 0 Å². The molecule has 0 radical (unpaired) electrons. The summed E-state index contributed by atoms with van der Waals surface area (Å²) in [7, 11) is 3.09. The second-order valence-corrected chi connectivity index (χ2v) is 7.72. The zero-order chi connectivity index (χ0) is 20.6. The Balaban J connectivity index is 3.04. The van der Waals surface area contributed by atoms with Crippen LogP contribution in [0.2, 0.25) is 0 Å². The van der Waals surface area contributed by atoms with Crippen LogP contribution in [0.1, 0.15) is 50.7 Å². The summed E-state index contributed by atoms with van der Waals surface area (Å²) in [6.07, 6.45) is 5.32. The highest BCUT2D eigenvalue weighted by molar-refractivity contribution is 7.17. The monoisotopic (exact) mass is 396 g/mol. The number of anilines is 1. The molecule has 1 amide bonds. The molecular formula is C18H28N4O4S. The van der Waals surface area contributed by atoms with Crippen LogP contribution in [0.3, 0.4) is 0 Å². The van der Waals surface area contributed by atoms with Crippen molar-refractivity contribution in [2.24, 2.45) is 4.99 Å². The topological polar surface area (TPSA) is 93.1 Å². The number of allylic oxidation sites excluding steroid dienone is 1. The van der Waals surface area contributed by atoms with Gasteiger partial charge in [-0.05, 0) is 34.1 Å². The highest BCUT2D eigenvalue weighted by Gasteiger charge is 2.24. The maximum absolute atomic E-state index is 12.1. The Labute approximate surface area is 164 Å². The summed E-state index contributed by atoms with van der Waals surface area (Å²) in [5.74, 6) is 0.104. The number of carbonyl (C=O) groups excluding carboxylic acids is 2. The van der Waals surface area contributed by atoms with Crippen molar-refractivity contribution in [2.75, 3.05) is 19.1 Å². The van der Waals surface area contributed by atoms with Gasteiger partial charge in [0.15, 0.2) is 5.13 Å². The Hall–Kier alpha value is -2.42. The van der Waals surface area contributed by atoms with Gasteiger partial charge in [-0.1, -0.05) is 24.3 Å². The van der Waals surface area contributed by atoms with Gasteiger partial charge in [0.2, 0.25) is 0 Å². The average molecular weight is 397 g/mol. The molecule has 9 heteroatoms. The van der Waals surface area contributed by atoms with Gasteiger partial charge in [-0.2, -0.15) is 0 Å². The van der Waals surface area contributed by atoms with Gasteiger partial charge < -0.3 is 19.7 Å². The van der Waals surface area contributed by atoms with Crippen molar-refractivity contribution >= 4 is 34.4 Å². The fourth-order valence-electron chi connectivity index (χ4n) is 1.99. The maximum Gasteiger partial charge on any atom is 0.408 e. The van der Waals surface area contributed by atoms with E-state index in [1.54, 1.807) is 45.8 Å². The van der Waals surface area contributed by atoms with E-state index in [0.29, 0.717) is 15.8 Å². The van der Waals surface area contributed by atoms with E-state index in [4.69, 9.17) is 9.47 Å². The minimum absolute atomic E-state index is 0.385. The van der Waals surface area contributed by atoms with Crippen LogP contribution in [-0.4, -0.2) is 48.7 Å². The number of thiazole rings is 1. The molecule has 1 heterocycles. The lowest BCUT2D eigenvalue weighted by Gasteiger charge is -2.26. The van der Waals surface area contributed by atoms with Crippen LogP contribution in [0.4, 0.5) is 9.93 Å². The number of hydrogen-bond donors (Lipinski definition) is 1. The molecular weight excluding hydrogens is 368 g/mol. The van der Waals surface area contributed by atoms with Crippen molar-refractivity contribution < 1.29 is 19.1 Å². The van der Waals surface area contributed by atoms with E-state index in [1.165, 1.54) is 24.6 Å². The highest BCUT2D eigenvalue weighted by Crippen LogP contribution is 2.23. The van der Waals surface area contributed by atoms with Gasteiger partial charge in [0, 0.05) is 13.2 Å². The molecule has 27 heavy (non-hydrogen) atoms. The Bertz CT molecular complexity index is 706. The number of nitrogens with zero attached hydrogens (tertiary/aromatic N) is 3. The summed E-state index contributed by atoms with van der Waals surface area (Å²) in [5.41, 5.74) is -0.597. The molecule has 0 saturated heterocycles. The van der Waals surface area contributed by atoms with Crippen molar-refractivity contribution in [3.8, 4) is 0 Å². The zero-order valence-electron chi connectivity index (χ0n) is 16.9. The molecule has 0 aliphatic rings. The van der Waals surface area contributed by atoms with Crippen LogP contribution < -0.4 is 10.2 Å². The molecule has 0 saturated carbocycles. The molecule has 1 N–H and O–H groups in total. The third-order valence-electron chi connectivity index (χ3n) is 3.18. The second kappa shape index (κ2) is 10.1. The first-order chi connectivity index (χ1) is 12.6. The SMILES string of the molecule is CC/C=C/N=C(/C(C)NC(=O)OC(C)(C)C)N(C)c1ncc(C(=O)OC)s1. The van der Waals surface area contributed by atoms with Crippen molar-refractivity contribution in [2.45, 2.75) is 52.7 Å². The Morgan fingerprint density at radius 1 is 1.44 bits per heavy atom. The Morgan fingerprint density at radius 3 is 2.67 bits per heavy atom. The van der Waals surface area contributed by atoms with E-state index < -0.39 is 23.7 Å². The molecule has 0 aromatic carbocycles. The Kier molecular flexibility index (Phi) is 8.42. The van der Waals surface area contributed by atoms with E-state index in [-0.39, 0.29) is 0 Å². The molecule has 1 aromatic heterocycles. The largest absolute Gasteiger partial charge is 0.465 e. The van der Waals surface area contributed by atoms with Crippen LogP contribution in [0.25, 0.3) is 0 Å². The lowest BCUT2D eigenvalue weighted by atomic mass is 10.2. The van der Waals surface area contributed by atoms with Crippen molar-refractivity contribution in [3.63, 3.8) is 0 Å². The number of alkyl carbamates (subject to hydrolysis) is 1. The number of hydrogen-bond acceptors (Lipinski definition) is 7. The number of amidine groups is 1. The van der Waals surface area contributed by atoms with E-state index in [9.17, 15) is 9.59 Å². The summed E-state index contributed by atoms with van der Waals surface area (Å²) >= 11 is 1.18. The fourth-order valence-corrected chi connectivity index (χ4v) is 2.79. The summed E-state index contributed by atoms with van der Waals surface area (Å²) < 4.78 is 10.0. The van der Waals surface area contributed by atoms with Gasteiger partial charge in [-0.15, -0.1) is 0 Å². The minimum Gasteiger partial charge on any atom is -0.465 e. The lowest BCUT2D eigenvalue weighted by molar-refractivity contribution is 0.0520.